The molecule has 1 heterocycles. The van der Waals surface area contributed by atoms with Crippen molar-refractivity contribution in [1.29, 1.82) is 0 Å². The lowest BCUT2D eigenvalue weighted by Gasteiger charge is -2.37. The van der Waals surface area contributed by atoms with Gasteiger partial charge in [0, 0.05) is 18.5 Å². The van der Waals surface area contributed by atoms with Crippen molar-refractivity contribution >= 4 is 11.8 Å². The van der Waals surface area contributed by atoms with Gasteiger partial charge in [0.05, 0.1) is 5.92 Å². The number of likely N-dealkylation sites (tertiary alicyclic amines) is 1. The molecule has 2 aliphatic rings. The molecule has 3 rings (SSSR count). The van der Waals surface area contributed by atoms with Crippen molar-refractivity contribution in [3.8, 4) is 0 Å². The van der Waals surface area contributed by atoms with Crippen LogP contribution in [0.15, 0.2) is 18.2 Å². The first-order chi connectivity index (χ1) is 10.9. The number of hydrogen-bond acceptors (Lipinski definition) is 2. The number of carbonyl (C=O) groups is 2. The Morgan fingerprint density at radius 2 is 1.91 bits per heavy atom. The second-order valence-corrected chi connectivity index (χ2v) is 7.31. The van der Waals surface area contributed by atoms with Crippen LogP contribution >= 0.6 is 0 Å². The predicted molar refractivity (Wildman–Crippen MR) is 89.9 cm³/mol. The molecule has 1 aromatic rings. The molecule has 1 aliphatic heterocycles. The molecule has 1 saturated heterocycles. The second kappa shape index (κ2) is 5.99. The van der Waals surface area contributed by atoms with E-state index in [4.69, 9.17) is 5.73 Å². The fourth-order valence-electron chi connectivity index (χ4n) is 3.69. The normalized spacial score (nSPS) is 30.1. The predicted octanol–water partition coefficient (Wildman–Crippen LogP) is 2.52. The topological polar surface area (TPSA) is 63.4 Å². The van der Waals surface area contributed by atoms with Crippen LogP contribution in [-0.2, 0) is 9.59 Å². The summed E-state index contributed by atoms with van der Waals surface area (Å²) in [4.78, 5) is 26.2. The molecular weight excluding hydrogens is 288 g/mol. The van der Waals surface area contributed by atoms with Crippen molar-refractivity contribution in [3.63, 3.8) is 0 Å². The minimum absolute atomic E-state index is 0.0752. The van der Waals surface area contributed by atoms with Gasteiger partial charge in [-0.15, -0.1) is 0 Å². The molecule has 0 aromatic heterocycles. The first-order valence-corrected chi connectivity index (χ1v) is 8.55. The van der Waals surface area contributed by atoms with E-state index in [0.29, 0.717) is 12.5 Å². The van der Waals surface area contributed by atoms with Gasteiger partial charge in [-0.1, -0.05) is 18.2 Å². The summed E-state index contributed by atoms with van der Waals surface area (Å²) < 4.78 is 0. The third-order valence-corrected chi connectivity index (χ3v) is 5.63. The minimum atomic E-state index is -0.281. The summed E-state index contributed by atoms with van der Waals surface area (Å²) in [5.74, 6) is 0.144. The van der Waals surface area contributed by atoms with Crippen molar-refractivity contribution in [2.45, 2.75) is 52.0 Å². The Kier molecular flexibility index (Phi) is 4.17. The number of nitrogens with zero attached hydrogens (tertiary/aromatic N) is 1. The van der Waals surface area contributed by atoms with E-state index in [1.165, 1.54) is 16.7 Å². The van der Waals surface area contributed by atoms with Gasteiger partial charge in [-0.2, -0.15) is 0 Å². The van der Waals surface area contributed by atoms with Crippen LogP contribution in [0.25, 0.3) is 0 Å². The maximum Gasteiger partial charge on any atom is 0.226 e. The Balaban J connectivity index is 1.69. The molecule has 4 heteroatoms. The maximum absolute atomic E-state index is 12.8. The van der Waals surface area contributed by atoms with Crippen LogP contribution in [0.4, 0.5) is 0 Å². The first-order valence-electron chi connectivity index (χ1n) is 8.55. The zero-order chi connectivity index (χ0) is 16.7. The molecule has 1 aliphatic carbocycles. The highest BCUT2D eigenvalue weighted by Gasteiger charge is 2.47. The summed E-state index contributed by atoms with van der Waals surface area (Å²) >= 11 is 0. The Bertz CT molecular complexity index is 640. The zero-order valence-electron chi connectivity index (χ0n) is 14.2. The molecule has 4 nitrogen and oxygen atoms in total. The van der Waals surface area contributed by atoms with E-state index >= 15 is 0 Å². The Morgan fingerprint density at radius 3 is 2.57 bits per heavy atom. The molecule has 2 fully saturated rings. The van der Waals surface area contributed by atoms with Crippen LogP contribution in [0.1, 0.15) is 48.8 Å². The number of rotatable bonds is 3. The van der Waals surface area contributed by atoms with Crippen molar-refractivity contribution in [2.24, 2.45) is 17.6 Å². The minimum Gasteiger partial charge on any atom is -0.369 e. The number of primary amides is 1. The van der Waals surface area contributed by atoms with Gasteiger partial charge in [0.15, 0.2) is 0 Å². The van der Waals surface area contributed by atoms with E-state index in [0.717, 1.165) is 19.3 Å². The van der Waals surface area contributed by atoms with E-state index in [2.05, 4.69) is 39.0 Å². The standard InChI is InChI=1S/C19H26N2O2/c1-11-4-6-14(8-12(11)2)16-9-17(16)19(23)21-10-15(18(20)22)7-5-13(21)3/h4,6,8,13,15-17H,5,7,9-10H2,1-3H3,(H2,20,22)/t13-,15-,16+,17+/m1/s1. The molecule has 4 atom stereocenters. The number of carbonyl (C=O) groups excluding carboxylic acids is 2. The number of benzene rings is 1. The highest BCUT2D eigenvalue weighted by Crippen LogP contribution is 2.49. The molecule has 0 radical (unpaired) electrons. The molecular formula is C19H26N2O2. The molecule has 1 aromatic carbocycles. The van der Waals surface area contributed by atoms with Crippen LogP contribution in [0.3, 0.4) is 0 Å². The molecule has 0 unspecified atom stereocenters. The highest BCUT2D eigenvalue weighted by molar-refractivity contribution is 5.84. The van der Waals surface area contributed by atoms with Crippen LogP contribution in [-0.4, -0.2) is 29.3 Å². The average Bonchev–Trinajstić information content (AvgIpc) is 3.30. The highest BCUT2D eigenvalue weighted by atomic mass is 16.2. The molecule has 23 heavy (non-hydrogen) atoms. The van der Waals surface area contributed by atoms with Crippen molar-refractivity contribution in [2.75, 3.05) is 6.54 Å². The van der Waals surface area contributed by atoms with Gasteiger partial charge in [-0.3, -0.25) is 9.59 Å². The average molecular weight is 314 g/mol. The van der Waals surface area contributed by atoms with Crippen LogP contribution < -0.4 is 5.73 Å². The van der Waals surface area contributed by atoms with Gasteiger partial charge in [0.25, 0.3) is 0 Å². The SMILES string of the molecule is Cc1ccc([C@@H]2C[C@@H]2C(=O)N2C[C@H](C(N)=O)CC[C@H]2C)cc1C. The van der Waals surface area contributed by atoms with Gasteiger partial charge in [-0.25, -0.2) is 0 Å². The van der Waals surface area contributed by atoms with Crippen LogP contribution in [0.2, 0.25) is 0 Å². The lowest BCUT2D eigenvalue weighted by Crippen LogP contribution is -2.49. The summed E-state index contributed by atoms with van der Waals surface area (Å²) in [5, 5.41) is 0. The smallest absolute Gasteiger partial charge is 0.226 e. The first kappa shape index (κ1) is 16.0. The van der Waals surface area contributed by atoms with Gasteiger partial charge < -0.3 is 10.6 Å². The number of piperidine rings is 1. The lowest BCUT2D eigenvalue weighted by molar-refractivity contribution is -0.138. The van der Waals surface area contributed by atoms with Crippen LogP contribution in [0, 0.1) is 25.7 Å². The monoisotopic (exact) mass is 314 g/mol. The fraction of sp³-hybridized carbons (Fsp3) is 0.579. The fourth-order valence-corrected chi connectivity index (χ4v) is 3.69. The Hall–Kier alpha value is -1.84. The van der Waals surface area contributed by atoms with Gasteiger partial charge in [0.1, 0.15) is 0 Å². The quantitative estimate of drug-likeness (QED) is 0.932. The summed E-state index contributed by atoms with van der Waals surface area (Å²) in [5.41, 5.74) is 9.27. The van der Waals surface area contributed by atoms with Crippen LogP contribution in [0.5, 0.6) is 0 Å². The summed E-state index contributed by atoms with van der Waals surface area (Å²) in [6.45, 7) is 6.78. The van der Waals surface area contributed by atoms with E-state index < -0.39 is 0 Å². The second-order valence-electron chi connectivity index (χ2n) is 7.31. The maximum atomic E-state index is 12.8. The summed E-state index contributed by atoms with van der Waals surface area (Å²) in [7, 11) is 0. The number of aryl methyl sites for hydroxylation is 2. The third kappa shape index (κ3) is 3.12. The largest absolute Gasteiger partial charge is 0.369 e. The number of nitrogens with two attached hydrogens (primary N) is 1. The van der Waals surface area contributed by atoms with Gasteiger partial charge >= 0.3 is 0 Å². The third-order valence-electron chi connectivity index (χ3n) is 5.63. The van der Waals surface area contributed by atoms with E-state index in [1.54, 1.807) is 0 Å². The molecule has 0 bridgehead atoms. The number of hydrogen-bond donors (Lipinski definition) is 1. The zero-order valence-corrected chi connectivity index (χ0v) is 14.2. The van der Waals surface area contributed by atoms with Gasteiger partial charge in [0.2, 0.25) is 11.8 Å². The van der Waals surface area contributed by atoms with E-state index in [-0.39, 0.29) is 29.7 Å². The molecule has 2 amide bonds. The Morgan fingerprint density at radius 1 is 1.17 bits per heavy atom. The molecule has 1 saturated carbocycles. The van der Waals surface area contributed by atoms with Crippen molar-refractivity contribution in [1.82, 2.24) is 4.90 Å². The van der Waals surface area contributed by atoms with E-state index in [1.807, 2.05) is 4.90 Å². The molecule has 124 valence electrons. The number of amides is 2. The lowest BCUT2D eigenvalue weighted by atomic mass is 9.92. The molecule has 0 spiro atoms. The Labute approximate surface area is 138 Å². The summed E-state index contributed by atoms with van der Waals surface area (Å²) in [6.07, 6.45) is 2.58. The van der Waals surface area contributed by atoms with Crippen molar-refractivity contribution in [3.05, 3.63) is 34.9 Å². The summed E-state index contributed by atoms with van der Waals surface area (Å²) in [6, 6.07) is 6.70. The van der Waals surface area contributed by atoms with E-state index in [9.17, 15) is 9.59 Å². The molecule has 2 N–H and O–H groups in total. The van der Waals surface area contributed by atoms with Crippen molar-refractivity contribution < 1.29 is 9.59 Å². The van der Waals surface area contributed by atoms with Gasteiger partial charge in [-0.05, 0) is 62.6 Å².